The lowest BCUT2D eigenvalue weighted by molar-refractivity contribution is -0.0797. The monoisotopic (exact) mass is 234 g/mol. The molecule has 1 saturated heterocycles. The highest BCUT2D eigenvalue weighted by molar-refractivity contribution is 5.73. The molecule has 5 heteroatoms. The van der Waals surface area contributed by atoms with E-state index in [1.165, 1.54) is 6.39 Å². The molecule has 5 nitrogen and oxygen atoms in total. The van der Waals surface area contributed by atoms with Crippen LogP contribution in [0.15, 0.2) is 29.0 Å². The Kier molecular flexibility index (Phi) is 2.39. The van der Waals surface area contributed by atoms with E-state index in [-0.39, 0.29) is 18.1 Å². The van der Waals surface area contributed by atoms with Crippen LogP contribution in [0.4, 0.5) is 0 Å². The number of aliphatic hydroxyl groups excluding tert-OH is 1. The fourth-order valence-corrected chi connectivity index (χ4v) is 2.26. The zero-order valence-electron chi connectivity index (χ0n) is 9.30. The third-order valence-corrected chi connectivity index (χ3v) is 3.53. The fourth-order valence-electron chi connectivity index (χ4n) is 2.26. The van der Waals surface area contributed by atoms with Crippen LogP contribution in [0.25, 0.3) is 11.1 Å². The van der Waals surface area contributed by atoms with Gasteiger partial charge < -0.3 is 20.0 Å². The van der Waals surface area contributed by atoms with E-state index in [4.69, 9.17) is 14.9 Å². The fraction of sp³-hybridized carbons (Fsp3) is 0.417. The highest BCUT2D eigenvalue weighted by Crippen LogP contribution is 2.36. The van der Waals surface area contributed by atoms with Gasteiger partial charge in [-0.3, -0.25) is 0 Å². The Morgan fingerprint density at radius 1 is 1.47 bits per heavy atom. The molecule has 0 aliphatic carbocycles. The van der Waals surface area contributed by atoms with E-state index in [1.807, 2.05) is 18.2 Å². The van der Waals surface area contributed by atoms with Gasteiger partial charge in [-0.05, 0) is 17.7 Å². The lowest BCUT2D eigenvalue weighted by Crippen LogP contribution is -2.60. The van der Waals surface area contributed by atoms with Crippen molar-refractivity contribution in [3.8, 4) is 0 Å². The summed E-state index contributed by atoms with van der Waals surface area (Å²) in [5.74, 6) is 0. The van der Waals surface area contributed by atoms with Gasteiger partial charge in [-0.1, -0.05) is 6.07 Å². The molecule has 1 aromatic carbocycles. The predicted octanol–water partition coefficient (Wildman–Crippen LogP) is 0.415. The number of nitrogens with two attached hydrogens (primary N) is 1. The Morgan fingerprint density at radius 3 is 2.94 bits per heavy atom. The molecule has 2 aromatic rings. The zero-order valence-corrected chi connectivity index (χ0v) is 9.30. The molecule has 3 rings (SSSR count). The van der Waals surface area contributed by atoms with Gasteiger partial charge in [0.15, 0.2) is 12.0 Å². The maximum Gasteiger partial charge on any atom is 0.181 e. The smallest absolute Gasteiger partial charge is 0.181 e. The zero-order chi connectivity index (χ0) is 11.9. The molecule has 0 spiro atoms. The second-order valence-corrected chi connectivity index (χ2v) is 4.47. The van der Waals surface area contributed by atoms with E-state index in [9.17, 15) is 5.11 Å². The summed E-state index contributed by atoms with van der Waals surface area (Å²) in [7, 11) is 0. The summed E-state index contributed by atoms with van der Waals surface area (Å²) in [6.07, 6.45) is 1.42. The van der Waals surface area contributed by atoms with E-state index >= 15 is 0 Å². The lowest BCUT2D eigenvalue weighted by Gasteiger charge is -2.45. The van der Waals surface area contributed by atoms with Crippen molar-refractivity contribution >= 4 is 11.1 Å². The molecule has 0 amide bonds. The highest BCUT2D eigenvalue weighted by Gasteiger charge is 2.45. The van der Waals surface area contributed by atoms with Crippen LogP contribution in [-0.4, -0.2) is 36.0 Å². The first-order valence-electron chi connectivity index (χ1n) is 5.54. The van der Waals surface area contributed by atoms with E-state index in [0.29, 0.717) is 13.2 Å². The third-order valence-electron chi connectivity index (χ3n) is 3.53. The third kappa shape index (κ3) is 1.47. The van der Waals surface area contributed by atoms with Crippen molar-refractivity contribution in [2.75, 3.05) is 19.8 Å². The van der Waals surface area contributed by atoms with Gasteiger partial charge in [0.05, 0.1) is 25.2 Å². The summed E-state index contributed by atoms with van der Waals surface area (Å²) in [6.45, 7) is 1.01. The number of fused-ring (bicyclic) bond motifs is 1. The normalized spacial score (nSPS) is 20.1. The largest absolute Gasteiger partial charge is 0.443 e. The molecule has 1 fully saturated rings. The molecule has 1 aliphatic heterocycles. The Hall–Kier alpha value is -1.43. The van der Waals surface area contributed by atoms with Gasteiger partial charge in [0.25, 0.3) is 0 Å². The number of hydrogen-bond acceptors (Lipinski definition) is 5. The van der Waals surface area contributed by atoms with E-state index in [0.717, 1.165) is 16.7 Å². The van der Waals surface area contributed by atoms with E-state index < -0.39 is 0 Å². The highest BCUT2D eigenvalue weighted by atomic mass is 16.5. The molecular weight excluding hydrogens is 220 g/mol. The van der Waals surface area contributed by atoms with Crippen molar-refractivity contribution in [2.24, 2.45) is 5.73 Å². The Bertz CT molecular complexity index is 533. The first kappa shape index (κ1) is 10.7. The summed E-state index contributed by atoms with van der Waals surface area (Å²) in [5.41, 5.74) is 8.29. The molecule has 0 saturated carbocycles. The van der Waals surface area contributed by atoms with Crippen LogP contribution in [-0.2, 0) is 10.2 Å². The Labute approximate surface area is 98.2 Å². The summed E-state index contributed by atoms with van der Waals surface area (Å²) >= 11 is 0. The van der Waals surface area contributed by atoms with Crippen molar-refractivity contribution in [1.29, 1.82) is 0 Å². The minimum atomic E-state index is -0.323. The van der Waals surface area contributed by atoms with Gasteiger partial charge in [0.1, 0.15) is 5.52 Å². The van der Waals surface area contributed by atoms with Crippen LogP contribution in [0.1, 0.15) is 5.56 Å². The van der Waals surface area contributed by atoms with Crippen LogP contribution in [0, 0.1) is 0 Å². The van der Waals surface area contributed by atoms with Crippen LogP contribution < -0.4 is 5.73 Å². The van der Waals surface area contributed by atoms with Crippen molar-refractivity contribution in [3.05, 3.63) is 30.2 Å². The standard InChI is InChI=1S/C12H14N2O3/c13-11(4-15)12(5-16-6-12)8-1-2-9-10(3-8)17-7-14-9/h1-3,7,11,15H,4-6,13H2. The maximum absolute atomic E-state index is 9.25. The molecule has 17 heavy (non-hydrogen) atoms. The van der Waals surface area contributed by atoms with Crippen LogP contribution in [0.3, 0.4) is 0 Å². The second kappa shape index (κ2) is 3.80. The molecule has 2 heterocycles. The molecule has 90 valence electrons. The van der Waals surface area contributed by atoms with Gasteiger partial charge in [-0.15, -0.1) is 0 Å². The number of ether oxygens (including phenoxy) is 1. The number of oxazole rings is 1. The van der Waals surface area contributed by atoms with E-state index in [2.05, 4.69) is 4.98 Å². The predicted molar refractivity (Wildman–Crippen MR) is 61.6 cm³/mol. The molecule has 3 N–H and O–H groups in total. The van der Waals surface area contributed by atoms with Gasteiger partial charge >= 0.3 is 0 Å². The Morgan fingerprint density at radius 2 is 2.29 bits per heavy atom. The SMILES string of the molecule is NC(CO)C1(c2ccc3ncoc3c2)COC1. The quantitative estimate of drug-likeness (QED) is 0.804. The lowest BCUT2D eigenvalue weighted by atomic mass is 9.73. The molecule has 1 aliphatic rings. The first-order valence-corrected chi connectivity index (χ1v) is 5.54. The summed E-state index contributed by atoms with van der Waals surface area (Å²) in [6, 6.07) is 5.48. The number of nitrogens with zero attached hydrogens (tertiary/aromatic N) is 1. The number of aromatic nitrogens is 1. The minimum absolute atomic E-state index is 0.0577. The van der Waals surface area contributed by atoms with Crippen LogP contribution in [0.2, 0.25) is 0 Å². The average molecular weight is 234 g/mol. The second-order valence-electron chi connectivity index (χ2n) is 4.47. The first-order chi connectivity index (χ1) is 8.26. The van der Waals surface area contributed by atoms with Gasteiger partial charge in [-0.25, -0.2) is 4.98 Å². The van der Waals surface area contributed by atoms with Gasteiger partial charge in [0.2, 0.25) is 0 Å². The summed E-state index contributed by atoms with van der Waals surface area (Å²) in [5, 5.41) is 9.25. The molecule has 1 atom stereocenters. The molecule has 0 radical (unpaired) electrons. The molecule has 0 bridgehead atoms. The van der Waals surface area contributed by atoms with E-state index in [1.54, 1.807) is 0 Å². The molecule has 1 unspecified atom stereocenters. The molecular formula is C12H14N2O3. The summed E-state index contributed by atoms with van der Waals surface area (Å²) in [4.78, 5) is 4.07. The number of rotatable bonds is 3. The average Bonchev–Trinajstić information content (AvgIpc) is 2.74. The van der Waals surface area contributed by atoms with Crippen molar-refractivity contribution in [3.63, 3.8) is 0 Å². The van der Waals surface area contributed by atoms with Crippen molar-refractivity contribution in [1.82, 2.24) is 4.98 Å². The van der Waals surface area contributed by atoms with Crippen LogP contribution in [0.5, 0.6) is 0 Å². The van der Waals surface area contributed by atoms with Gasteiger partial charge in [-0.2, -0.15) is 0 Å². The van der Waals surface area contributed by atoms with Gasteiger partial charge in [0, 0.05) is 6.04 Å². The van der Waals surface area contributed by atoms with Crippen molar-refractivity contribution < 1.29 is 14.3 Å². The Balaban J connectivity index is 2.06. The topological polar surface area (TPSA) is 81.5 Å². The minimum Gasteiger partial charge on any atom is -0.443 e. The maximum atomic E-state index is 9.25. The number of aliphatic hydroxyl groups is 1. The number of benzene rings is 1. The molecule has 1 aromatic heterocycles. The summed E-state index contributed by atoms with van der Waals surface area (Å²) < 4.78 is 10.6. The number of hydrogen-bond donors (Lipinski definition) is 2. The van der Waals surface area contributed by atoms with Crippen LogP contribution >= 0.6 is 0 Å². The van der Waals surface area contributed by atoms with Crippen molar-refractivity contribution in [2.45, 2.75) is 11.5 Å².